The highest BCUT2D eigenvalue weighted by atomic mass is 32.2. The highest BCUT2D eigenvalue weighted by molar-refractivity contribution is 7.89. The summed E-state index contributed by atoms with van der Waals surface area (Å²) < 4.78 is 25.0. The lowest BCUT2D eigenvalue weighted by Crippen LogP contribution is -2.28. The van der Waals surface area contributed by atoms with Gasteiger partial charge in [-0.2, -0.15) is 0 Å². The molecule has 1 fully saturated rings. The molecule has 0 radical (unpaired) electrons. The molecule has 1 aromatic heterocycles. The molecule has 0 bridgehead atoms. The van der Waals surface area contributed by atoms with Gasteiger partial charge in [-0.1, -0.05) is 26.8 Å². The predicted molar refractivity (Wildman–Crippen MR) is 88.5 cm³/mol. The number of aromatic nitrogens is 3. The largest absolute Gasteiger partial charge is 0.341 e. The van der Waals surface area contributed by atoms with Crippen molar-refractivity contribution in [1.82, 2.24) is 14.8 Å². The van der Waals surface area contributed by atoms with Gasteiger partial charge in [0.2, 0.25) is 5.95 Å². The van der Waals surface area contributed by atoms with Gasteiger partial charge in [0.25, 0.3) is 0 Å². The average Bonchev–Trinajstić information content (AvgIpc) is 2.95. The van der Waals surface area contributed by atoms with E-state index in [1.165, 1.54) is 6.26 Å². The summed E-state index contributed by atoms with van der Waals surface area (Å²) in [6.45, 7) is 12.9. The average molecular weight is 326 g/mol. The van der Waals surface area contributed by atoms with E-state index in [0.29, 0.717) is 18.3 Å². The fourth-order valence-electron chi connectivity index (χ4n) is 2.87. The Labute approximate surface area is 133 Å². The number of anilines is 1. The molecule has 1 aliphatic heterocycles. The fourth-order valence-corrected chi connectivity index (χ4v) is 3.55. The van der Waals surface area contributed by atoms with Gasteiger partial charge in [0, 0.05) is 25.9 Å². The topological polar surface area (TPSA) is 68.1 Å². The third-order valence-electron chi connectivity index (χ3n) is 4.21. The Bertz CT molecular complexity index is 643. The Morgan fingerprint density at radius 2 is 2.05 bits per heavy atom. The molecule has 2 heterocycles. The van der Waals surface area contributed by atoms with Crippen LogP contribution in [0.25, 0.3) is 0 Å². The van der Waals surface area contributed by atoms with Crippen LogP contribution in [0.3, 0.4) is 0 Å². The molecule has 6 nitrogen and oxygen atoms in total. The van der Waals surface area contributed by atoms with Gasteiger partial charge < -0.3 is 4.90 Å². The van der Waals surface area contributed by atoms with E-state index in [4.69, 9.17) is 0 Å². The molecule has 1 aromatic rings. The van der Waals surface area contributed by atoms with Crippen LogP contribution >= 0.6 is 0 Å². The van der Waals surface area contributed by atoms with Crippen LogP contribution in [0.2, 0.25) is 0 Å². The second kappa shape index (κ2) is 6.02. The SMILES string of the molecule is C=CCn1c(CS(C)(=O)=O)nnc1N1CCC(C(C)(C)C)C1. The molecule has 1 saturated heterocycles. The maximum absolute atomic E-state index is 11.6. The first-order valence-electron chi connectivity index (χ1n) is 7.57. The lowest BCUT2D eigenvalue weighted by atomic mass is 9.80. The lowest BCUT2D eigenvalue weighted by molar-refractivity contribution is 0.263. The summed E-state index contributed by atoms with van der Waals surface area (Å²) in [4.78, 5) is 2.21. The van der Waals surface area contributed by atoms with Crippen LogP contribution in [0, 0.1) is 11.3 Å². The highest BCUT2D eigenvalue weighted by Crippen LogP contribution is 2.35. The van der Waals surface area contributed by atoms with Crippen LogP contribution in [0.5, 0.6) is 0 Å². The molecule has 0 spiro atoms. The van der Waals surface area contributed by atoms with Crippen LogP contribution in [-0.2, 0) is 22.1 Å². The summed E-state index contributed by atoms with van der Waals surface area (Å²) in [6, 6.07) is 0. The zero-order valence-electron chi connectivity index (χ0n) is 13.9. The van der Waals surface area contributed by atoms with Gasteiger partial charge in [0.1, 0.15) is 11.6 Å². The van der Waals surface area contributed by atoms with Gasteiger partial charge in [-0.05, 0) is 17.8 Å². The number of sulfone groups is 1. The molecule has 0 saturated carbocycles. The van der Waals surface area contributed by atoms with Crippen molar-refractivity contribution in [3.05, 3.63) is 18.5 Å². The summed E-state index contributed by atoms with van der Waals surface area (Å²) in [5, 5.41) is 8.34. The van der Waals surface area contributed by atoms with Crippen LogP contribution in [0.4, 0.5) is 5.95 Å². The van der Waals surface area contributed by atoms with E-state index in [0.717, 1.165) is 25.5 Å². The zero-order chi connectivity index (χ0) is 16.5. The monoisotopic (exact) mass is 326 g/mol. The van der Waals surface area contributed by atoms with Gasteiger partial charge in [0.15, 0.2) is 9.84 Å². The number of hydrogen-bond donors (Lipinski definition) is 0. The van der Waals surface area contributed by atoms with Crippen LogP contribution in [0.1, 0.15) is 33.0 Å². The maximum Gasteiger partial charge on any atom is 0.227 e. The standard InChI is InChI=1S/C15H26N4O2S/c1-6-8-19-13(11-22(5,20)21)16-17-14(19)18-9-7-12(10-18)15(2,3)4/h6,12H,1,7-11H2,2-5H3. The molecule has 1 aliphatic rings. The van der Waals surface area contributed by atoms with Crippen molar-refractivity contribution >= 4 is 15.8 Å². The normalized spacial score (nSPS) is 19.6. The Kier molecular flexibility index (Phi) is 4.65. The minimum absolute atomic E-state index is 0.0929. The Morgan fingerprint density at radius 1 is 1.36 bits per heavy atom. The molecule has 1 unspecified atom stereocenters. The molecule has 7 heteroatoms. The van der Waals surface area contributed by atoms with Crippen LogP contribution < -0.4 is 4.90 Å². The maximum atomic E-state index is 11.6. The van der Waals surface area contributed by atoms with Gasteiger partial charge in [-0.3, -0.25) is 4.57 Å². The van der Waals surface area contributed by atoms with Gasteiger partial charge >= 0.3 is 0 Å². The molecule has 1 atom stereocenters. The van der Waals surface area contributed by atoms with Gasteiger partial charge in [-0.15, -0.1) is 16.8 Å². The first-order valence-corrected chi connectivity index (χ1v) is 9.63. The summed E-state index contributed by atoms with van der Waals surface area (Å²) in [6.07, 6.45) is 4.08. The quantitative estimate of drug-likeness (QED) is 0.773. The Morgan fingerprint density at radius 3 is 2.55 bits per heavy atom. The molecule has 124 valence electrons. The molecular weight excluding hydrogens is 300 g/mol. The smallest absolute Gasteiger partial charge is 0.227 e. The number of nitrogens with zero attached hydrogens (tertiary/aromatic N) is 4. The second-order valence-electron chi connectivity index (χ2n) is 7.18. The molecular formula is C15H26N4O2S. The van der Waals surface area contributed by atoms with Crippen molar-refractivity contribution < 1.29 is 8.42 Å². The summed E-state index contributed by atoms with van der Waals surface area (Å²) >= 11 is 0. The van der Waals surface area contributed by atoms with Crippen molar-refractivity contribution in [2.45, 2.75) is 39.5 Å². The summed E-state index contributed by atoms with van der Waals surface area (Å²) in [5.74, 6) is 1.74. The molecule has 22 heavy (non-hydrogen) atoms. The Balaban J connectivity index is 2.27. The van der Waals surface area contributed by atoms with Crippen LogP contribution in [0.15, 0.2) is 12.7 Å². The number of allylic oxidation sites excluding steroid dienone is 1. The van der Waals surface area contributed by atoms with E-state index < -0.39 is 9.84 Å². The molecule has 0 aliphatic carbocycles. The Hall–Kier alpha value is -1.37. The minimum atomic E-state index is -3.14. The highest BCUT2D eigenvalue weighted by Gasteiger charge is 2.34. The van der Waals surface area contributed by atoms with E-state index in [2.05, 4.69) is 42.4 Å². The molecule has 0 amide bonds. The molecule has 2 rings (SSSR count). The van der Waals surface area contributed by atoms with E-state index in [-0.39, 0.29) is 11.2 Å². The third-order valence-corrected chi connectivity index (χ3v) is 4.99. The second-order valence-corrected chi connectivity index (χ2v) is 9.32. The predicted octanol–water partition coefficient (Wildman–Crippen LogP) is 1.88. The van der Waals surface area contributed by atoms with E-state index in [1.807, 2.05) is 4.57 Å². The molecule has 0 N–H and O–H groups in total. The van der Waals surface area contributed by atoms with E-state index in [1.54, 1.807) is 6.08 Å². The zero-order valence-corrected chi connectivity index (χ0v) is 14.7. The van der Waals surface area contributed by atoms with Crippen molar-refractivity contribution in [1.29, 1.82) is 0 Å². The van der Waals surface area contributed by atoms with Crippen molar-refractivity contribution in [3.63, 3.8) is 0 Å². The van der Waals surface area contributed by atoms with E-state index in [9.17, 15) is 8.42 Å². The van der Waals surface area contributed by atoms with Crippen molar-refractivity contribution in [2.24, 2.45) is 11.3 Å². The fraction of sp³-hybridized carbons (Fsp3) is 0.733. The van der Waals surface area contributed by atoms with Gasteiger partial charge in [0.05, 0.1) is 0 Å². The van der Waals surface area contributed by atoms with E-state index >= 15 is 0 Å². The third kappa shape index (κ3) is 3.88. The van der Waals surface area contributed by atoms with Crippen molar-refractivity contribution in [3.8, 4) is 0 Å². The summed E-state index contributed by atoms with van der Waals surface area (Å²) in [5.41, 5.74) is 0.258. The number of hydrogen-bond acceptors (Lipinski definition) is 5. The first kappa shape index (κ1) is 17.0. The molecule has 0 aromatic carbocycles. The first-order chi connectivity index (χ1) is 10.1. The minimum Gasteiger partial charge on any atom is -0.341 e. The summed E-state index contributed by atoms with van der Waals surface area (Å²) in [7, 11) is -3.14. The van der Waals surface area contributed by atoms with Gasteiger partial charge in [-0.25, -0.2) is 8.42 Å². The number of rotatable bonds is 5. The lowest BCUT2D eigenvalue weighted by Gasteiger charge is -2.27. The van der Waals surface area contributed by atoms with Crippen LogP contribution in [-0.4, -0.2) is 42.5 Å². The van der Waals surface area contributed by atoms with Crippen molar-refractivity contribution in [2.75, 3.05) is 24.2 Å².